The van der Waals surface area contributed by atoms with Crippen molar-refractivity contribution in [3.05, 3.63) is 23.8 Å². The number of nitrogens with zero attached hydrogens (tertiary/aromatic N) is 2. The van der Waals surface area contributed by atoms with Gasteiger partial charge in [-0.1, -0.05) is 6.92 Å². The van der Waals surface area contributed by atoms with Gasteiger partial charge in [0.05, 0.1) is 5.69 Å². The fraction of sp³-hybridized carbons (Fsp3) is 0.500. The Labute approximate surface area is 146 Å². The van der Waals surface area contributed by atoms with E-state index in [1.54, 1.807) is 30.0 Å². The van der Waals surface area contributed by atoms with Gasteiger partial charge in [0.1, 0.15) is 12.3 Å². The van der Waals surface area contributed by atoms with E-state index in [4.69, 9.17) is 4.74 Å². The van der Waals surface area contributed by atoms with Crippen LogP contribution in [0, 0.1) is 0 Å². The number of ether oxygens (including phenoxy) is 1. The Hall–Kier alpha value is -2.41. The van der Waals surface area contributed by atoms with Gasteiger partial charge in [0.25, 0.3) is 5.91 Å². The Kier molecular flexibility index (Phi) is 5.33. The SMILES string of the molecule is CCC(=O)c1ccc2c(c1)N(CC(=O)N1CCCNCC1)C(=O)CO2. The lowest BCUT2D eigenvalue weighted by Crippen LogP contribution is -2.47. The Morgan fingerprint density at radius 1 is 1.24 bits per heavy atom. The largest absolute Gasteiger partial charge is 0.482 e. The summed E-state index contributed by atoms with van der Waals surface area (Å²) >= 11 is 0. The molecule has 2 heterocycles. The highest BCUT2D eigenvalue weighted by Crippen LogP contribution is 2.33. The number of fused-ring (bicyclic) bond motifs is 1. The summed E-state index contributed by atoms with van der Waals surface area (Å²) in [6.07, 6.45) is 1.28. The number of Topliss-reactive ketones (excluding diaryl/α,β-unsaturated/α-hetero) is 1. The molecule has 2 aliphatic heterocycles. The molecule has 25 heavy (non-hydrogen) atoms. The van der Waals surface area contributed by atoms with E-state index in [0.717, 1.165) is 19.5 Å². The number of nitrogens with one attached hydrogen (secondary N) is 1. The molecule has 7 nitrogen and oxygen atoms in total. The molecule has 1 aromatic rings. The maximum atomic E-state index is 12.6. The molecular formula is C18H23N3O4. The van der Waals surface area contributed by atoms with Crippen LogP contribution in [0.15, 0.2) is 18.2 Å². The van der Waals surface area contributed by atoms with Crippen LogP contribution in [-0.4, -0.2) is 61.8 Å². The predicted octanol–water partition coefficient (Wildman–Crippen LogP) is 0.827. The fourth-order valence-electron chi connectivity index (χ4n) is 3.08. The van der Waals surface area contributed by atoms with Crippen LogP contribution in [0.4, 0.5) is 5.69 Å². The molecule has 2 aliphatic rings. The third kappa shape index (κ3) is 3.82. The summed E-state index contributed by atoms with van der Waals surface area (Å²) in [4.78, 5) is 40.2. The zero-order chi connectivity index (χ0) is 17.8. The van der Waals surface area contributed by atoms with Crippen LogP contribution in [-0.2, 0) is 9.59 Å². The lowest BCUT2D eigenvalue weighted by Gasteiger charge is -2.31. The van der Waals surface area contributed by atoms with E-state index in [2.05, 4.69) is 5.32 Å². The van der Waals surface area contributed by atoms with Gasteiger partial charge < -0.3 is 15.0 Å². The number of ketones is 1. The molecule has 3 rings (SSSR count). The van der Waals surface area contributed by atoms with E-state index in [1.807, 2.05) is 0 Å². The molecule has 1 saturated heterocycles. The smallest absolute Gasteiger partial charge is 0.265 e. The van der Waals surface area contributed by atoms with E-state index < -0.39 is 0 Å². The van der Waals surface area contributed by atoms with Crippen LogP contribution in [0.1, 0.15) is 30.1 Å². The van der Waals surface area contributed by atoms with Gasteiger partial charge in [-0.15, -0.1) is 0 Å². The molecule has 1 aromatic carbocycles. The number of hydrogen-bond donors (Lipinski definition) is 1. The lowest BCUT2D eigenvalue weighted by atomic mass is 10.1. The average molecular weight is 345 g/mol. The summed E-state index contributed by atoms with van der Waals surface area (Å²) in [5.74, 6) is 0.162. The van der Waals surface area contributed by atoms with Crippen molar-refractivity contribution in [3.8, 4) is 5.75 Å². The van der Waals surface area contributed by atoms with Crippen molar-refractivity contribution < 1.29 is 19.1 Å². The summed E-state index contributed by atoms with van der Waals surface area (Å²) in [5.41, 5.74) is 1.02. The van der Waals surface area contributed by atoms with Crippen LogP contribution in [0.25, 0.3) is 0 Å². The van der Waals surface area contributed by atoms with Crippen LogP contribution in [0.5, 0.6) is 5.75 Å². The topological polar surface area (TPSA) is 79.0 Å². The highest BCUT2D eigenvalue weighted by Gasteiger charge is 2.29. The van der Waals surface area contributed by atoms with Crippen molar-refractivity contribution in [3.63, 3.8) is 0 Å². The lowest BCUT2D eigenvalue weighted by molar-refractivity contribution is -0.131. The predicted molar refractivity (Wildman–Crippen MR) is 93.0 cm³/mol. The molecule has 0 aliphatic carbocycles. The van der Waals surface area contributed by atoms with Crippen molar-refractivity contribution >= 4 is 23.3 Å². The Morgan fingerprint density at radius 3 is 2.88 bits per heavy atom. The minimum atomic E-state index is -0.269. The van der Waals surface area contributed by atoms with Crippen molar-refractivity contribution in [1.29, 1.82) is 0 Å². The molecule has 0 radical (unpaired) electrons. The summed E-state index contributed by atoms with van der Waals surface area (Å²) in [6.45, 7) is 4.64. The first kappa shape index (κ1) is 17.4. The number of amides is 2. The fourth-order valence-corrected chi connectivity index (χ4v) is 3.08. The number of carbonyl (C=O) groups excluding carboxylic acids is 3. The van der Waals surface area contributed by atoms with Crippen molar-refractivity contribution in [2.45, 2.75) is 19.8 Å². The van der Waals surface area contributed by atoms with E-state index in [-0.39, 0.29) is 30.7 Å². The first-order valence-corrected chi connectivity index (χ1v) is 8.69. The van der Waals surface area contributed by atoms with E-state index in [0.29, 0.717) is 36.5 Å². The van der Waals surface area contributed by atoms with Crippen LogP contribution < -0.4 is 15.0 Å². The third-order valence-electron chi connectivity index (χ3n) is 4.53. The molecule has 7 heteroatoms. The van der Waals surface area contributed by atoms with Crippen LogP contribution >= 0.6 is 0 Å². The minimum Gasteiger partial charge on any atom is -0.482 e. The summed E-state index contributed by atoms with van der Waals surface area (Å²) < 4.78 is 5.44. The summed E-state index contributed by atoms with van der Waals surface area (Å²) in [7, 11) is 0. The molecule has 0 saturated carbocycles. The van der Waals surface area contributed by atoms with Crippen LogP contribution in [0.2, 0.25) is 0 Å². The highest BCUT2D eigenvalue weighted by molar-refractivity contribution is 6.04. The summed E-state index contributed by atoms with van der Waals surface area (Å²) in [5, 5.41) is 3.25. The number of rotatable bonds is 4. The molecule has 0 unspecified atom stereocenters. The maximum absolute atomic E-state index is 12.6. The Bertz CT molecular complexity index is 681. The van der Waals surface area contributed by atoms with E-state index >= 15 is 0 Å². The number of hydrogen-bond acceptors (Lipinski definition) is 5. The van der Waals surface area contributed by atoms with Gasteiger partial charge in [-0.05, 0) is 31.2 Å². The molecule has 0 bridgehead atoms. The van der Waals surface area contributed by atoms with Crippen molar-refractivity contribution in [1.82, 2.24) is 10.2 Å². The first-order valence-electron chi connectivity index (χ1n) is 8.69. The quantitative estimate of drug-likeness (QED) is 0.818. The number of benzene rings is 1. The Morgan fingerprint density at radius 2 is 2.08 bits per heavy atom. The number of anilines is 1. The molecule has 0 spiro atoms. The average Bonchev–Trinajstić information content (AvgIpc) is 2.92. The second-order valence-corrected chi connectivity index (χ2v) is 6.21. The van der Waals surface area contributed by atoms with Crippen LogP contribution in [0.3, 0.4) is 0 Å². The van der Waals surface area contributed by atoms with Gasteiger partial charge in [0.2, 0.25) is 5.91 Å². The van der Waals surface area contributed by atoms with E-state index in [1.165, 1.54) is 4.90 Å². The standard InChI is InChI=1S/C18H23N3O4/c1-2-15(22)13-4-5-16-14(10-13)21(18(24)12-25-16)11-17(23)20-8-3-6-19-7-9-20/h4-5,10,19H,2-3,6-9,11-12H2,1H3. The normalized spacial score (nSPS) is 17.6. The molecule has 1 N–H and O–H groups in total. The molecule has 134 valence electrons. The number of carbonyl (C=O) groups is 3. The second kappa shape index (κ2) is 7.65. The molecule has 0 atom stereocenters. The Balaban J connectivity index is 1.82. The van der Waals surface area contributed by atoms with Gasteiger partial charge in [0, 0.05) is 31.6 Å². The van der Waals surface area contributed by atoms with Gasteiger partial charge in [-0.2, -0.15) is 0 Å². The molecule has 1 fully saturated rings. The van der Waals surface area contributed by atoms with Crippen molar-refractivity contribution in [2.24, 2.45) is 0 Å². The third-order valence-corrected chi connectivity index (χ3v) is 4.53. The zero-order valence-corrected chi connectivity index (χ0v) is 14.4. The first-order chi connectivity index (χ1) is 12.1. The van der Waals surface area contributed by atoms with Gasteiger partial charge in [0.15, 0.2) is 12.4 Å². The monoisotopic (exact) mass is 345 g/mol. The zero-order valence-electron chi connectivity index (χ0n) is 14.4. The van der Waals surface area contributed by atoms with Gasteiger partial charge >= 0.3 is 0 Å². The van der Waals surface area contributed by atoms with Crippen molar-refractivity contribution in [2.75, 3.05) is 44.2 Å². The van der Waals surface area contributed by atoms with Gasteiger partial charge in [-0.25, -0.2) is 0 Å². The molecule has 0 aromatic heterocycles. The summed E-state index contributed by atoms with van der Waals surface area (Å²) in [6, 6.07) is 5.04. The highest BCUT2D eigenvalue weighted by atomic mass is 16.5. The second-order valence-electron chi connectivity index (χ2n) is 6.21. The molecule has 2 amide bonds. The molecular weight excluding hydrogens is 322 g/mol. The van der Waals surface area contributed by atoms with E-state index in [9.17, 15) is 14.4 Å². The maximum Gasteiger partial charge on any atom is 0.265 e. The van der Waals surface area contributed by atoms with Gasteiger partial charge in [-0.3, -0.25) is 19.3 Å². The minimum absolute atomic E-state index is 0.00862.